The number of fused-ring (bicyclic) bond motifs is 1. The van der Waals surface area contributed by atoms with Crippen LogP contribution in [0, 0.1) is 0 Å². The SMILES string of the molecule is COc1cc(OC)cc(-c2oc3cc(O[C@@H]4OC(CO)[C@H](O)[C@H](O)C4O)cc(O)c3c(=O)c2O)c1. The third-order valence-corrected chi connectivity index (χ3v) is 5.64. The number of hydrogen-bond donors (Lipinski definition) is 6. The summed E-state index contributed by atoms with van der Waals surface area (Å²) in [5.74, 6) is -0.994. The molecule has 5 atom stereocenters. The average Bonchev–Trinajstić information content (AvgIpc) is 2.85. The molecule has 0 aliphatic carbocycles. The highest BCUT2D eigenvalue weighted by Gasteiger charge is 2.44. The Bertz CT molecular complexity index is 1260. The van der Waals surface area contributed by atoms with E-state index in [0.29, 0.717) is 11.5 Å². The van der Waals surface area contributed by atoms with Crippen LogP contribution in [0.5, 0.6) is 28.7 Å². The van der Waals surface area contributed by atoms with Gasteiger partial charge in [0, 0.05) is 23.8 Å². The quantitative estimate of drug-likeness (QED) is 0.272. The van der Waals surface area contributed by atoms with Crippen molar-refractivity contribution >= 4 is 11.0 Å². The minimum atomic E-state index is -1.70. The van der Waals surface area contributed by atoms with E-state index in [1.807, 2.05) is 0 Å². The highest BCUT2D eigenvalue weighted by atomic mass is 16.7. The summed E-state index contributed by atoms with van der Waals surface area (Å²) in [7, 11) is 2.85. The van der Waals surface area contributed by atoms with Gasteiger partial charge in [0.05, 0.1) is 20.8 Å². The second kappa shape index (κ2) is 9.60. The summed E-state index contributed by atoms with van der Waals surface area (Å²) in [6.45, 7) is -0.657. The Morgan fingerprint density at radius 3 is 2.14 bits per heavy atom. The largest absolute Gasteiger partial charge is 0.507 e. The van der Waals surface area contributed by atoms with Gasteiger partial charge >= 0.3 is 0 Å². The van der Waals surface area contributed by atoms with Gasteiger partial charge in [0.15, 0.2) is 5.76 Å². The van der Waals surface area contributed by atoms with Crippen molar-refractivity contribution in [1.29, 1.82) is 0 Å². The molecule has 1 fully saturated rings. The maximum atomic E-state index is 12.8. The van der Waals surface area contributed by atoms with Crippen LogP contribution in [0.1, 0.15) is 0 Å². The maximum absolute atomic E-state index is 12.8. The fourth-order valence-corrected chi connectivity index (χ4v) is 3.77. The first kappa shape index (κ1) is 24.6. The number of hydrogen-bond acceptors (Lipinski definition) is 12. The topological polar surface area (TPSA) is 189 Å². The molecule has 3 aromatic rings. The average molecular weight is 492 g/mol. The van der Waals surface area contributed by atoms with Crippen LogP contribution in [0.25, 0.3) is 22.3 Å². The van der Waals surface area contributed by atoms with Crippen molar-refractivity contribution in [3.05, 3.63) is 40.6 Å². The first-order chi connectivity index (χ1) is 16.7. The number of phenolic OH excluding ortho intramolecular Hbond substituents is 1. The Kier molecular flexibility index (Phi) is 6.74. The summed E-state index contributed by atoms with van der Waals surface area (Å²) in [6.07, 6.45) is -7.70. The fraction of sp³-hybridized carbons (Fsp3) is 0.348. The highest BCUT2D eigenvalue weighted by Crippen LogP contribution is 2.38. The summed E-state index contributed by atoms with van der Waals surface area (Å²) in [6, 6.07) is 6.81. The van der Waals surface area contributed by atoms with Gasteiger partial charge in [-0.05, 0) is 12.1 Å². The number of rotatable bonds is 6. The molecule has 35 heavy (non-hydrogen) atoms. The lowest BCUT2D eigenvalue weighted by atomic mass is 9.99. The lowest BCUT2D eigenvalue weighted by Gasteiger charge is -2.39. The molecule has 1 aromatic heterocycles. The molecule has 2 aromatic carbocycles. The van der Waals surface area contributed by atoms with Crippen molar-refractivity contribution in [3.63, 3.8) is 0 Å². The molecule has 1 saturated heterocycles. The summed E-state index contributed by atoms with van der Waals surface area (Å²) in [4.78, 5) is 12.8. The van der Waals surface area contributed by atoms with Crippen LogP contribution in [0.4, 0.5) is 0 Å². The molecular formula is C23H24O12. The van der Waals surface area contributed by atoms with E-state index in [4.69, 9.17) is 23.4 Å². The molecule has 6 N–H and O–H groups in total. The van der Waals surface area contributed by atoms with Crippen LogP contribution in [0.3, 0.4) is 0 Å². The van der Waals surface area contributed by atoms with E-state index in [9.17, 15) is 35.4 Å². The number of benzene rings is 2. The molecule has 12 heteroatoms. The zero-order chi connectivity index (χ0) is 25.4. The minimum Gasteiger partial charge on any atom is -0.507 e. The number of phenols is 1. The monoisotopic (exact) mass is 492 g/mol. The van der Waals surface area contributed by atoms with Crippen molar-refractivity contribution in [3.8, 4) is 40.1 Å². The Morgan fingerprint density at radius 2 is 1.54 bits per heavy atom. The molecule has 0 spiro atoms. The van der Waals surface area contributed by atoms with Gasteiger partial charge in [-0.15, -0.1) is 0 Å². The predicted octanol–water partition coefficient (Wildman–Crippen LogP) is 0.0671. The van der Waals surface area contributed by atoms with Crippen molar-refractivity contribution in [2.75, 3.05) is 20.8 Å². The van der Waals surface area contributed by atoms with Crippen LogP contribution < -0.4 is 19.6 Å². The van der Waals surface area contributed by atoms with Gasteiger partial charge in [-0.1, -0.05) is 0 Å². The molecule has 0 bridgehead atoms. The van der Waals surface area contributed by atoms with Crippen LogP contribution in [0.15, 0.2) is 39.5 Å². The number of ether oxygens (including phenoxy) is 4. The van der Waals surface area contributed by atoms with Crippen molar-refractivity contribution in [2.24, 2.45) is 0 Å². The summed E-state index contributed by atoms with van der Waals surface area (Å²) < 4.78 is 27.0. The standard InChI is InChI=1S/C23H24O12/c1-31-10-3-9(4-11(5-10)32-2)22-20(29)18(27)16-13(25)6-12(7-14(16)34-22)33-23-21(30)19(28)17(26)15(8-24)35-23/h3-7,15,17,19,21,23-26,28-30H,8H2,1-2H3/t15?,17-,19-,21?,23+/m0/s1. The Balaban J connectivity index is 1.78. The molecule has 0 amide bonds. The van der Waals surface area contributed by atoms with E-state index in [1.165, 1.54) is 32.4 Å². The van der Waals surface area contributed by atoms with Crippen molar-refractivity contribution < 1.29 is 54.0 Å². The van der Waals surface area contributed by atoms with E-state index in [-0.39, 0.29) is 28.0 Å². The van der Waals surface area contributed by atoms with E-state index in [1.54, 1.807) is 6.07 Å². The molecule has 0 saturated carbocycles. The number of aliphatic hydroxyl groups excluding tert-OH is 4. The summed E-state index contributed by atoms with van der Waals surface area (Å²) in [5, 5.41) is 60.1. The fourth-order valence-electron chi connectivity index (χ4n) is 3.77. The lowest BCUT2D eigenvalue weighted by molar-refractivity contribution is -0.277. The van der Waals surface area contributed by atoms with E-state index in [0.717, 1.165) is 6.07 Å². The molecule has 4 rings (SSSR count). The summed E-state index contributed by atoms with van der Waals surface area (Å²) in [5.41, 5.74) is -0.846. The lowest BCUT2D eigenvalue weighted by Crippen LogP contribution is -2.60. The van der Waals surface area contributed by atoms with Crippen LogP contribution in [-0.4, -0.2) is 82.2 Å². The van der Waals surface area contributed by atoms with Gasteiger partial charge in [0.1, 0.15) is 58.4 Å². The zero-order valence-electron chi connectivity index (χ0n) is 18.6. The Hall–Kier alpha value is -3.55. The Morgan fingerprint density at radius 1 is 0.886 bits per heavy atom. The number of methoxy groups -OCH3 is 2. The van der Waals surface area contributed by atoms with E-state index >= 15 is 0 Å². The van der Waals surface area contributed by atoms with Crippen molar-refractivity contribution in [1.82, 2.24) is 0 Å². The van der Waals surface area contributed by atoms with Crippen molar-refractivity contribution in [2.45, 2.75) is 30.7 Å². The van der Waals surface area contributed by atoms with Gasteiger partial charge in [-0.3, -0.25) is 4.79 Å². The minimum absolute atomic E-state index is 0.137. The molecule has 1 aliphatic heterocycles. The second-order valence-electron chi connectivity index (χ2n) is 7.84. The van der Waals surface area contributed by atoms with Gasteiger partial charge in [-0.2, -0.15) is 0 Å². The number of aromatic hydroxyl groups is 2. The smallest absolute Gasteiger partial charge is 0.238 e. The maximum Gasteiger partial charge on any atom is 0.238 e. The third-order valence-electron chi connectivity index (χ3n) is 5.64. The summed E-state index contributed by atoms with van der Waals surface area (Å²) >= 11 is 0. The van der Waals surface area contributed by atoms with Gasteiger partial charge in [-0.25, -0.2) is 0 Å². The molecule has 188 valence electrons. The van der Waals surface area contributed by atoms with Crippen LogP contribution >= 0.6 is 0 Å². The Labute approximate surface area is 197 Å². The second-order valence-corrected chi connectivity index (χ2v) is 7.84. The molecular weight excluding hydrogens is 468 g/mol. The van der Waals surface area contributed by atoms with Crippen LogP contribution in [0.2, 0.25) is 0 Å². The zero-order valence-corrected chi connectivity index (χ0v) is 18.6. The first-order valence-electron chi connectivity index (χ1n) is 10.4. The number of aliphatic hydroxyl groups is 4. The molecule has 2 heterocycles. The molecule has 0 radical (unpaired) electrons. The molecule has 2 unspecified atom stereocenters. The van der Waals surface area contributed by atoms with Gasteiger partial charge < -0.3 is 54.0 Å². The predicted molar refractivity (Wildman–Crippen MR) is 119 cm³/mol. The normalized spacial score (nSPS) is 24.3. The molecule has 12 nitrogen and oxygen atoms in total. The third kappa shape index (κ3) is 4.45. The van der Waals surface area contributed by atoms with E-state index < -0.39 is 54.2 Å². The highest BCUT2D eigenvalue weighted by molar-refractivity contribution is 5.88. The van der Waals surface area contributed by atoms with Gasteiger partial charge in [0.2, 0.25) is 17.5 Å². The first-order valence-corrected chi connectivity index (χ1v) is 10.4. The van der Waals surface area contributed by atoms with Gasteiger partial charge in [0.25, 0.3) is 0 Å². The van der Waals surface area contributed by atoms with Crippen LogP contribution in [-0.2, 0) is 4.74 Å². The van der Waals surface area contributed by atoms with E-state index in [2.05, 4.69) is 0 Å². The molecule has 1 aliphatic rings.